The molecule has 0 saturated heterocycles. The van der Waals surface area contributed by atoms with Crippen LogP contribution in [0, 0.1) is 12.8 Å². The highest BCUT2D eigenvalue weighted by Gasteiger charge is 2.28. The van der Waals surface area contributed by atoms with Crippen molar-refractivity contribution in [2.24, 2.45) is 11.7 Å². The van der Waals surface area contributed by atoms with E-state index in [0.717, 1.165) is 10.9 Å². The standard InChI is InChI=1S/C16H25BrN2O.ClH/c1-11(2)16(4,10-18)19-15(20)8-6-13-5-7-14(17)12(3)9-13;/h5,7,9,11H,6,8,10,18H2,1-4H3,(H,19,20);1H. The molecule has 1 aromatic rings. The molecule has 3 nitrogen and oxygen atoms in total. The Bertz CT molecular complexity index is 479. The van der Waals surface area contributed by atoms with E-state index in [2.05, 4.69) is 54.2 Å². The quantitative estimate of drug-likeness (QED) is 0.796. The maximum atomic E-state index is 12.1. The van der Waals surface area contributed by atoms with Gasteiger partial charge in [-0.15, -0.1) is 12.4 Å². The lowest BCUT2D eigenvalue weighted by Crippen LogP contribution is -2.55. The molecule has 0 fully saturated rings. The number of aryl methyl sites for hydroxylation is 2. The van der Waals surface area contributed by atoms with E-state index < -0.39 is 0 Å². The van der Waals surface area contributed by atoms with Crippen LogP contribution in [0.25, 0.3) is 0 Å². The van der Waals surface area contributed by atoms with E-state index in [-0.39, 0.29) is 23.9 Å². The van der Waals surface area contributed by atoms with E-state index in [1.807, 2.05) is 13.0 Å². The van der Waals surface area contributed by atoms with Gasteiger partial charge in [-0.2, -0.15) is 0 Å². The maximum absolute atomic E-state index is 12.1. The van der Waals surface area contributed by atoms with Crippen molar-refractivity contribution >= 4 is 34.2 Å². The zero-order valence-corrected chi connectivity index (χ0v) is 15.6. The van der Waals surface area contributed by atoms with Gasteiger partial charge in [0.15, 0.2) is 0 Å². The molecule has 1 rings (SSSR count). The summed E-state index contributed by atoms with van der Waals surface area (Å²) in [7, 11) is 0. The summed E-state index contributed by atoms with van der Waals surface area (Å²) in [6.07, 6.45) is 1.24. The highest BCUT2D eigenvalue weighted by atomic mass is 79.9. The van der Waals surface area contributed by atoms with Crippen molar-refractivity contribution in [2.45, 2.75) is 46.1 Å². The first-order chi connectivity index (χ1) is 9.28. The highest BCUT2D eigenvalue weighted by Crippen LogP contribution is 2.18. The lowest BCUT2D eigenvalue weighted by atomic mass is 9.88. The molecule has 1 amide bonds. The second kappa shape index (κ2) is 8.76. The highest BCUT2D eigenvalue weighted by molar-refractivity contribution is 9.10. The topological polar surface area (TPSA) is 55.1 Å². The van der Waals surface area contributed by atoms with Gasteiger partial charge in [0.2, 0.25) is 5.91 Å². The van der Waals surface area contributed by atoms with Crippen LogP contribution in [0.5, 0.6) is 0 Å². The summed E-state index contributed by atoms with van der Waals surface area (Å²) in [6, 6.07) is 6.19. The van der Waals surface area contributed by atoms with Crippen LogP contribution in [0.15, 0.2) is 22.7 Å². The molecule has 0 heterocycles. The first kappa shape index (κ1) is 20.4. The minimum absolute atomic E-state index is 0. The Morgan fingerprint density at radius 3 is 2.52 bits per heavy atom. The summed E-state index contributed by atoms with van der Waals surface area (Å²) in [5, 5.41) is 3.07. The third-order valence-corrected chi connectivity index (χ3v) is 4.88. The van der Waals surface area contributed by atoms with E-state index in [9.17, 15) is 4.79 Å². The van der Waals surface area contributed by atoms with Crippen LogP contribution in [-0.4, -0.2) is 18.0 Å². The number of carbonyl (C=O) groups excluding carboxylic acids is 1. The number of carbonyl (C=O) groups is 1. The average molecular weight is 378 g/mol. The zero-order valence-electron chi connectivity index (χ0n) is 13.2. The smallest absolute Gasteiger partial charge is 0.220 e. The first-order valence-corrected chi connectivity index (χ1v) is 7.84. The summed E-state index contributed by atoms with van der Waals surface area (Å²) >= 11 is 3.48. The molecule has 0 aliphatic rings. The number of hydrogen-bond acceptors (Lipinski definition) is 2. The molecule has 0 saturated carbocycles. The monoisotopic (exact) mass is 376 g/mol. The predicted molar refractivity (Wildman–Crippen MR) is 94.9 cm³/mol. The van der Waals surface area contributed by atoms with Gasteiger partial charge in [0.1, 0.15) is 0 Å². The van der Waals surface area contributed by atoms with Crippen molar-refractivity contribution in [3.05, 3.63) is 33.8 Å². The molecule has 5 heteroatoms. The molecule has 0 bridgehead atoms. The lowest BCUT2D eigenvalue weighted by molar-refractivity contribution is -0.123. The fraction of sp³-hybridized carbons (Fsp3) is 0.562. The van der Waals surface area contributed by atoms with Gasteiger partial charge in [0, 0.05) is 17.4 Å². The first-order valence-electron chi connectivity index (χ1n) is 7.04. The van der Waals surface area contributed by atoms with Gasteiger partial charge >= 0.3 is 0 Å². The van der Waals surface area contributed by atoms with Gasteiger partial charge in [-0.05, 0) is 43.4 Å². The number of halogens is 2. The van der Waals surface area contributed by atoms with E-state index in [0.29, 0.717) is 18.9 Å². The molecule has 0 spiro atoms. The lowest BCUT2D eigenvalue weighted by Gasteiger charge is -2.33. The number of rotatable bonds is 6. The van der Waals surface area contributed by atoms with Crippen LogP contribution in [0.1, 0.15) is 38.3 Å². The number of hydrogen-bond donors (Lipinski definition) is 2. The molecule has 0 aliphatic carbocycles. The molecule has 1 aromatic carbocycles. The van der Waals surface area contributed by atoms with Crippen molar-refractivity contribution in [2.75, 3.05) is 6.54 Å². The largest absolute Gasteiger partial charge is 0.349 e. The number of amides is 1. The molecule has 0 aromatic heterocycles. The van der Waals surface area contributed by atoms with E-state index in [1.54, 1.807) is 0 Å². The average Bonchev–Trinajstić information content (AvgIpc) is 2.39. The van der Waals surface area contributed by atoms with Crippen molar-refractivity contribution in [3.8, 4) is 0 Å². The Labute approximate surface area is 142 Å². The van der Waals surface area contributed by atoms with E-state index in [4.69, 9.17) is 5.73 Å². The molecule has 120 valence electrons. The molecular formula is C16H26BrClN2O. The van der Waals surface area contributed by atoms with Gasteiger partial charge in [0.05, 0.1) is 5.54 Å². The SMILES string of the molecule is Cc1cc(CCC(=O)NC(C)(CN)C(C)C)ccc1Br.Cl. The number of benzene rings is 1. The predicted octanol–water partition coefficient (Wildman–Crippen LogP) is 3.60. The molecule has 1 atom stereocenters. The van der Waals surface area contributed by atoms with Gasteiger partial charge in [0.25, 0.3) is 0 Å². The van der Waals surface area contributed by atoms with Gasteiger partial charge < -0.3 is 11.1 Å². The van der Waals surface area contributed by atoms with Gasteiger partial charge in [-0.3, -0.25) is 4.79 Å². The fourth-order valence-electron chi connectivity index (χ4n) is 1.93. The van der Waals surface area contributed by atoms with Crippen LogP contribution in [-0.2, 0) is 11.2 Å². The minimum atomic E-state index is -0.327. The van der Waals surface area contributed by atoms with Crippen LogP contribution in [0.4, 0.5) is 0 Å². The van der Waals surface area contributed by atoms with Crippen LogP contribution >= 0.6 is 28.3 Å². The fourth-order valence-corrected chi connectivity index (χ4v) is 2.18. The molecule has 0 aliphatic heterocycles. The van der Waals surface area contributed by atoms with Crippen molar-refractivity contribution in [3.63, 3.8) is 0 Å². The van der Waals surface area contributed by atoms with Gasteiger partial charge in [-0.25, -0.2) is 0 Å². The minimum Gasteiger partial charge on any atom is -0.349 e. The Morgan fingerprint density at radius 2 is 2.05 bits per heavy atom. The van der Waals surface area contributed by atoms with Crippen LogP contribution in [0.3, 0.4) is 0 Å². The second-order valence-corrected chi connectivity index (χ2v) is 6.76. The normalized spacial score (nSPS) is 13.5. The van der Waals surface area contributed by atoms with Crippen molar-refractivity contribution in [1.29, 1.82) is 0 Å². The molecule has 0 radical (unpaired) electrons. The Hall–Kier alpha value is -0.580. The zero-order chi connectivity index (χ0) is 15.3. The molecule has 1 unspecified atom stereocenters. The summed E-state index contributed by atoms with van der Waals surface area (Å²) in [6.45, 7) is 8.65. The third-order valence-electron chi connectivity index (χ3n) is 3.99. The summed E-state index contributed by atoms with van der Waals surface area (Å²) in [5.41, 5.74) is 7.83. The molecule has 3 N–H and O–H groups in total. The van der Waals surface area contributed by atoms with Crippen molar-refractivity contribution in [1.82, 2.24) is 5.32 Å². The Balaban J connectivity index is 0.00000400. The van der Waals surface area contributed by atoms with Gasteiger partial charge in [-0.1, -0.05) is 41.9 Å². The van der Waals surface area contributed by atoms with Crippen LogP contribution in [0.2, 0.25) is 0 Å². The molecular weight excluding hydrogens is 352 g/mol. The van der Waals surface area contributed by atoms with Crippen LogP contribution < -0.4 is 11.1 Å². The summed E-state index contributed by atoms with van der Waals surface area (Å²) in [4.78, 5) is 12.1. The summed E-state index contributed by atoms with van der Waals surface area (Å²) < 4.78 is 1.10. The maximum Gasteiger partial charge on any atom is 0.220 e. The Morgan fingerprint density at radius 1 is 1.43 bits per heavy atom. The second-order valence-electron chi connectivity index (χ2n) is 5.91. The Kier molecular flexibility index (Phi) is 8.52. The van der Waals surface area contributed by atoms with E-state index in [1.165, 1.54) is 11.1 Å². The molecule has 21 heavy (non-hydrogen) atoms. The van der Waals surface area contributed by atoms with Crippen molar-refractivity contribution < 1.29 is 4.79 Å². The number of nitrogens with one attached hydrogen (secondary N) is 1. The van der Waals surface area contributed by atoms with E-state index >= 15 is 0 Å². The third kappa shape index (κ3) is 5.97. The summed E-state index contributed by atoms with van der Waals surface area (Å²) in [5.74, 6) is 0.374. The number of nitrogens with two attached hydrogens (primary N) is 1.